The van der Waals surface area contributed by atoms with E-state index in [1.807, 2.05) is 0 Å². The zero-order chi connectivity index (χ0) is 13.7. The minimum absolute atomic E-state index is 0.0396. The van der Waals surface area contributed by atoms with Gasteiger partial charge in [0.1, 0.15) is 5.60 Å². The van der Waals surface area contributed by atoms with Crippen molar-refractivity contribution in [2.75, 3.05) is 6.61 Å². The maximum atomic E-state index is 12.4. The second kappa shape index (κ2) is 4.04. The number of hydrogen-bond acceptors (Lipinski definition) is 3. The van der Waals surface area contributed by atoms with Crippen LogP contribution in [0.15, 0.2) is 22.3 Å². The first-order valence-electron chi connectivity index (χ1n) is 6.51. The molecular formula is C15H22O3. The van der Waals surface area contributed by atoms with Crippen LogP contribution in [-0.2, 0) is 4.79 Å². The predicted molar refractivity (Wildman–Crippen MR) is 70.1 cm³/mol. The molecule has 100 valence electrons. The lowest BCUT2D eigenvalue weighted by Gasteiger charge is -2.34. The maximum absolute atomic E-state index is 12.4. The molecule has 3 nitrogen and oxygen atoms in total. The molecule has 0 spiro atoms. The molecule has 2 aliphatic carbocycles. The number of carbonyl (C=O) groups excluding carboxylic acids is 1. The van der Waals surface area contributed by atoms with Crippen LogP contribution in [0.5, 0.6) is 0 Å². The lowest BCUT2D eigenvalue weighted by molar-refractivity contribution is -0.113. The molecule has 1 atom stereocenters. The summed E-state index contributed by atoms with van der Waals surface area (Å²) >= 11 is 0. The van der Waals surface area contributed by atoms with E-state index in [4.69, 9.17) is 5.11 Å². The first kappa shape index (κ1) is 13.5. The van der Waals surface area contributed by atoms with Crippen LogP contribution >= 0.6 is 0 Å². The second-order valence-electron chi connectivity index (χ2n) is 6.45. The summed E-state index contributed by atoms with van der Waals surface area (Å²) < 4.78 is 0. The smallest absolute Gasteiger partial charge is 0.184 e. The minimum Gasteiger partial charge on any atom is -0.396 e. The number of carbonyl (C=O) groups is 1. The van der Waals surface area contributed by atoms with Crippen LogP contribution in [0.3, 0.4) is 0 Å². The Balaban J connectivity index is 2.50. The molecule has 2 N–H and O–H groups in total. The molecule has 0 aromatic heterocycles. The Hall–Kier alpha value is -0.930. The van der Waals surface area contributed by atoms with E-state index in [1.165, 1.54) is 0 Å². The summed E-state index contributed by atoms with van der Waals surface area (Å²) in [6, 6.07) is 0. The van der Waals surface area contributed by atoms with Gasteiger partial charge in [0.25, 0.3) is 0 Å². The van der Waals surface area contributed by atoms with E-state index in [9.17, 15) is 9.90 Å². The first-order chi connectivity index (χ1) is 8.20. The van der Waals surface area contributed by atoms with E-state index in [1.54, 1.807) is 13.8 Å². The maximum Gasteiger partial charge on any atom is 0.184 e. The number of Topliss-reactive ketones (excluding diaryl/α,β-unsaturated/α-hetero) is 1. The van der Waals surface area contributed by atoms with Gasteiger partial charge >= 0.3 is 0 Å². The third-order valence-electron chi connectivity index (χ3n) is 4.28. The van der Waals surface area contributed by atoms with Crippen molar-refractivity contribution in [1.82, 2.24) is 0 Å². The van der Waals surface area contributed by atoms with Gasteiger partial charge in [-0.2, -0.15) is 0 Å². The van der Waals surface area contributed by atoms with Gasteiger partial charge in [-0.1, -0.05) is 13.8 Å². The Morgan fingerprint density at radius 3 is 2.39 bits per heavy atom. The van der Waals surface area contributed by atoms with E-state index in [0.717, 1.165) is 24.0 Å². The summed E-state index contributed by atoms with van der Waals surface area (Å²) in [7, 11) is 0. The van der Waals surface area contributed by atoms with Gasteiger partial charge < -0.3 is 10.2 Å². The van der Waals surface area contributed by atoms with Crippen LogP contribution in [0.4, 0.5) is 0 Å². The fraction of sp³-hybridized carbons (Fsp3) is 0.667. The molecule has 0 radical (unpaired) electrons. The van der Waals surface area contributed by atoms with Gasteiger partial charge in [0.2, 0.25) is 0 Å². The second-order valence-corrected chi connectivity index (χ2v) is 6.45. The molecule has 0 saturated carbocycles. The molecule has 1 unspecified atom stereocenters. The molecule has 2 aliphatic rings. The van der Waals surface area contributed by atoms with Crippen LogP contribution in [-0.4, -0.2) is 28.2 Å². The van der Waals surface area contributed by atoms with E-state index in [-0.39, 0.29) is 17.8 Å². The van der Waals surface area contributed by atoms with E-state index in [2.05, 4.69) is 13.8 Å². The molecule has 2 rings (SSSR count). The lowest BCUT2D eigenvalue weighted by atomic mass is 9.75. The summed E-state index contributed by atoms with van der Waals surface area (Å²) in [5, 5.41) is 19.9. The molecule has 0 aliphatic heterocycles. The van der Waals surface area contributed by atoms with Crippen LogP contribution in [0, 0.1) is 5.41 Å². The Morgan fingerprint density at radius 2 is 1.83 bits per heavy atom. The zero-order valence-corrected chi connectivity index (χ0v) is 11.6. The quantitative estimate of drug-likeness (QED) is 0.789. The summed E-state index contributed by atoms with van der Waals surface area (Å²) in [6.45, 7) is 7.72. The molecule has 0 saturated heterocycles. The van der Waals surface area contributed by atoms with Gasteiger partial charge in [-0.15, -0.1) is 0 Å². The Morgan fingerprint density at radius 1 is 1.22 bits per heavy atom. The Labute approximate surface area is 108 Å². The molecule has 0 aromatic carbocycles. The van der Waals surface area contributed by atoms with E-state index >= 15 is 0 Å². The SMILES string of the molecule is CC1=C(CCO)C(C)(O)C2=C(CC(C)(C)C2)C1=O. The van der Waals surface area contributed by atoms with Gasteiger partial charge in [-0.3, -0.25) is 4.79 Å². The van der Waals surface area contributed by atoms with E-state index in [0.29, 0.717) is 17.6 Å². The highest BCUT2D eigenvalue weighted by Gasteiger charge is 2.46. The van der Waals surface area contributed by atoms with Crippen LogP contribution in [0.25, 0.3) is 0 Å². The van der Waals surface area contributed by atoms with Crippen molar-refractivity contribution < 1.29 is 15.0 Å². The topological polar surface area (TPSA) is 57.5 Å². The minimum atomic E-state index is -1.07. The number of hydrogen-bond donors (Lipinski definition) is 2. The van der Waals surface area contributed by atoms with Crippen molar-refractivity contribution in [2.24, 2.45) is 5.41 Å². The predicted octanol–water partition coefficient (Wildman–Crippen LogP) is 2.14. The largest absolute Gasteiger partial charge is 0.396 e. The molecule has 0 heterocycles. The van der Waals surface area contributed by atoms with Gasteiger partial charge in [-0.25, -0.2) is 0 Å². The monoisotopic (exact) mass is 250 g/mol. The van der Waals surface area contributed by atoms with Crippen molar-refractivity contribution >= 4 is 5.78 Å². The highest BCUT2D eigenvalue weighted by Crippen LogP contribution is 2.51. The van der Waals surface area contributed by atoms with Crippen molar-refractivity contribution in [3.8, 4) is 0 Å². The first-order valence-corrected chi connectivity index (χ1v) is 6.51. The molecule has 0 aromatic rings. The highest BCUT2D eigenvalue weighted by molar-refractivity contribution is 6.11. The molecule has 0 amide bonds. The van der Waals surface area contributed by atoms with Crippen molar-refractivity contribution in [3.05, 3.63) is 22.3 Å². The number of allylic oxidation sites excluding steroid dienone is 2. The normalized spacial score (nSPS) is 31.1. The number of aliphatic hydroxyl groups is 2. The fourth-order valence-electron chi connectivity index (χ4n) is 3.37. The van der Waals surface area contributed by atoms with Gasteiger partial charge in [0.15, 0.2) is 5.78 Å². The van der Waals surface area contributed by atoms with Gasteiger partial charge in [0.05, 0.1) is 0 Å². The Bertz CT molecular complexity index is 464. The summed E-state index contributed by atoms with van der Waals surface area (Å²) in [6.07, 6.45) is 1.85. The summed E-state index contributed by atoms with van der Waals surface area (Å²) in [5.41, 5.74) is 1.94. The number of ketones is 1. The van der Waals surface area contributed by atoms with Gasteiger partial charge in [-0.05, 0) is 55.2 Å². The molecule has 0 fully saturated rings. The molecule has 0 bridgehead atoms. The molecule has 3 heteroatoms. The van der Waals surface area contributed by atoms with E-state index < -0.39 is 5.60 Å². The highest BCUT2D eigenvalue weighted by atomic mass is 16.3. The standard InChI is InChI=1S/C15H22O3/c1-9-11(5-6-16)15(4,18)12-8-14(2,3)7-10(12)13(9)17/h16,18H,5-8H2,1-4H3. The molecule has 18 heavy (non-hydrogen) atoms. The average Bonchev–Trinajstić information content (AvgIpc) is 2.59. The van der Waals surface area contributed by atoms with Crippen molar-refractivity contribution in [3.63, 3.8) is 0 Å². The number of rotatable bonds is 2. The van der Waals surface area contributed by atoms with Crippen molar-refractivity contribution in [1.29, 1.82) is 0 Å². The third kappa shape index (κ3) is 1.86. The third-order valence-corrected chi connectivity index (χ3v) is 4.28. The average molecular weight is 250 g/mol. The Kier molecular flexibility index (Phi) is 3.03. The molecular weight excluding hydrogens is 228 g/mol. The van der Waals surface area contributed by atoms with Crippen LogP contribution in [0.2, 0.25) is 0 Å². The van der Waals surface area contributed by atoms with Crippen molar-refractivity contribution in [2.45, 2.75) is 52.6 Å². The number of aliphatic hydroxyl groups excluding tert-OH is 1. The summed E-state index contributed by atoms with van der Waals surface area (Å²) in [5.74, 6) is 0.0607. The van der Waals surface area contributed by atoms with Gasteiger partial charge in [0, 0.05) is 12.2 Å². The fourth-order valence-corrected chi connectivity index (χ4v) is 3.37. The van der Waals surface area contributed by atoms with Crippen LogP contribution in [0.1, 0.15) is 47.0 Å². The zero-order valence-electron chi connectivity index (χ0n) is 11.6. The van der Waals surface area contributed by atoms with Crippen LogP contribution < -0.4 is 0 Å². The summed E-state index contributed by atoms with van der Waals surface area (Å²) in [4.78, 5) is 12.4. The lowest BCUT2D eigenvalue weighted by Crippen LogP contribution is -2.36.